The number of carbonyl (C=O) groups is 2. The molecule has 2 aromatic rings. The Labute approximate surface area is 258 Å². The van der Waals surface area contributed by atoms with Crippen molar-refractivity contribution in [1.29, 1.82) is 0 Å². The third kappa shape index (κ3) is 8.21. The van der Waals surface area contributed by atoms with Crippen molar-refractivity contribution < 1.29 is 37.4 Å². The second kappa shape index (κ2) is 15.3. The van der Waals surface area contributed by atoms with Crippen molar-refractivity contribution in [2.24, 2.45) is 0 Å². The van der Waals surface area contributed by atoms with E-state index in [0.717, 1.165) is 17.5 Å². The van der Waals surface area contributed by atoms with Gasteiger partial charge in [0.2, 0.25) is 13.6 Å². The van der Waals surface area contributed by atoms with E-state index in [9.17, 15) is 14.2 Å². The molecule has 0 aliphatic carbocycles. The minimum Gasteiger partial charge on any atom is -0.497 e. The number of hydrogen-bond donors (Lipinski definition) is 0. The molecule has 0 bridgehead atoms. The van der Waals surface area contributed by atoms with Crippen LogP contribution in [-0.2, 0) is 39.1 Å². The van der Waals surface area contributed by atoms with Crippen molar-refractivity contribution in [2.75, 3.05) is 54.4 Å². The Kier molecular flexibility index (Phi) is 11.5. The van der Waals surface area contributed by atoms with E-state index in [0.29, 0.717) is 54.8 Å². The number of esters is 2. The Morgan fingerprint density at radius 1 is 0.909 bits per heavy atom. The molecule has 0 atom stereocenters. The fourth-order valence-corrected chi connectivity index (χ4v) is 6.07. The third-order valence-electron chi connectivity index (χ3n) is 7.15. The molecule has 0 N–H and O–H groups in total. The van der Waals surface area contributed by atoms with Gasteiger partial charge in [0.1, 0.15) is 5.75 Å². The Bertz CT molecular complexity index is 1450. The maximum atomic E-state index is 14.5. The molecule has 0 spiro atoms. The average molecular weight is 629 g/mol. The van der Waals surface area contributed by atoms with E-state index < -0.39 is 33.3 Å². The van der Waals surface area contributed by atoms with Crippen LogP contribution in [0.2, 0.25) is 0 Å². The van der Waals surface area contributed by atoms with Crippen LogP contribution >= 0.6 is 7.75 Å². The highest BCUT2D eigenvalue weighted by molar-refractivity contribution is 7.52. The van der Waals surface area contributed by atoms with Crippen LogP contribution in [0.25, 0.3) is 10.9 Å². The highest BCUT2D eigenvalue weighted by atomic mass is 31.2. The molecule has 44 heavy (non-hydrogen) atoms. The molecule has 12 nitrogen and oxygen atoms in total. The van der Waals surface area contributed by atoms with Gasteiger partial charge < -0.3 is 28.9 Å². The van der Waals surface area contributed by atoms with Crippen LogP contribution in [0.3, 0.4) is 0 Å². The fraction of sp³-hybridized carbons (Fsp3) is 0.419. The maximum Gasteiger partial charge on any atom is 0.445 e. The summed E-state index contributed by atoms with van der Waals surface area (Å²) in [5.41, 5.74) is 2.30. The molecule has 1 aromatic heterocycles. The van der Waals surface area contributed by atoms with E-state index in [1.54, 1.807) is 37.8 Å². The number of benzene rings is 1. The Hall–Kier alpha value is -3.83. The van der Waals surface area contributed by atoms with E-state index in [1.165, 1.54) is 4.34 Å². The summed E-state index contributed by atoms with van der Waals surface area (Å²) in [6.45, 7) is 4.73. The van der Waals surface area contributed by atoms with Crippen molar-refractivity contribution in [1.82, 2.24) is 19.0 Å². The highest BCUT2D eigenvalue weighted by Crippen LogP contribution is 2.52. The van der Waals surface area contributed by atoms with Crippen molar-refractivity contribution in [3.05, 3.63) is 78.1 Å². The predicted octanol–water partition coefficient (Wildman–Crippen LogP) is 4.99. The first-order chi connectivity index (χ1) is 21.2. The zero-order chi connectivity index (χ0) is 31.7. The summed E-state index contributed by atoms with van der Waals surface area (Å²) in [4.78, 5) is 31.3. The van der Waals surface area contributed by atoms with Crippen molar-refractivity contribution >= 4 is 30.6 Å². The van der Waals surface area contributed by atoms with Gasteiger partial charge in [0.25, 0.3) is 0 Å². The first kappa shape index (κ1) is 33.1. The van der Waals surface area contributed by atoms with E-state index in [4.69, 9.17) is 23.3 Å². The minimum absolute atomic E-state index is 0.402. The van der Waals surface area contributed by atoms with Crippen LogP contribution in [0.4, 0.5) is 0 Å². The molecular formula is C31H41N4O8P. The molecular weight excluding hydrogens is 587 g/mol. The van der Waals surface area contributed by atoms with Gasteiger partial charge >= 0.3 is 19.7 Å². The van der Waals surface area contributed by atoms with Crippen LogP contribution in [0.5, 0.6) is 5.75 Å². The van der Waals surface area contributed by atoms with Gasteiger partial charge in [0.05, 0.1) is 23.8 Å². The Morgan fingerprint density at radius 2 is 1.48 bits per heavy atom. The number of carbonyl (C=O) groups excluding carboxylic acids is 2. The highest BCUT2D eigenvalue weighted by Gasteiger charge is 2.32. The molecule has 0 saturated heterocycles. The summed E-state index contributed by atoms with van der Waals surface area (Å²) in [7, 11) is 1.23. The summed E-state index contributed by atoms with van der Waals surface area (Å²) in [6, 6.07) is 5.35. The topological polar surface area (TPSA) is 112 Å². The van der Waals surface area contributed by atoms with Gasteiger partial charge in [0.15, 0.2) is 0 Å². The molecule has 0 unspecified atom stereocenters. The number of allylic oxidation sites excluding steroid dienone is 2. The Balaban J connectivity index is 1.58. The first-order valence-corrected chi connectivity index (χ1v) is 16.0. The molecule has 0 radical (unpaired) electrons. The zero-order valence-corrected chi connectivity index (χ0v) is 26.8. The number of likely N-dealkylation sites (N-methyl/N-ethyl adjacent to an activating group) is 1. The van der Waals surface area contributed by atoms with E-state index in [1.807, 2.05) is 73.3 Å². The van der Waals surface area contributed by atoms with Gasteiger partial charge in [-0.15, -0.1) is 0 Å². The molecule has 0 saturated carbocycles. The number of rotatable bonds is 15. The monoisotopic (exact) mass is 628 g/mol. The zero-order valence-electron chi connectivity index (χ0n) is 25.9. The van der Waals surface area contributed by atoms with Crippen molar-refractivity contribution in [2.45, 2.75) is 33.1 Å². The summed E-state index contributed by atoms with van der Waals surface area (Å²) < 4.78 is 43.5. The standard InChI is InChI=1S/C31H41N4O8P/c1-6-33-15-8-10-25(19-33)30(36)40-22-42-44(38,43-23-41-31(37)26-11-9-16-34(7-2)20-26)35-21-24(14-17-32(3)4)28-18-27(39-5)12-13-29(28)35/h8-9,12-13,15-16,18-21H,6-7,10-11,14,17,22-23H2,1-5H3. The lowest BCUT2D eigenvalue weighted by molar-refractivity contribution is -0.147. The maximum absolute atomic E-state index is 14.5. The predicted molar refractivity (Wildman–Crippen MR) is 166 cm³/mol. The largest absolute Gasteiger partial charge is 0.497 e. The SMILES string of the molecule is CCN1C=CCC(C(=O)OCOP(=O)(OCOC(=O)C2=CN(CC)C=CC2)n2cc(CCN(C)C)c3cc(OC)ccc32)=C1. The number of nitrogens with zero attached hydrogens (tertiary/aromatic N) is 4. The van der Waals surface area contributed by atoms with Crippen LogP contribution < -0.4 is 4.74 Å². The Morgan fingerprint density at radius 3 is 1.98 bits per heavy atom. The molecule has 13 heteroatoms. The van der Waals surface area contributed by atoms with Crippen LogP contribution in [0, 0.1) is 0 Å². The van der Waals surface area contributed by atoms with Gasteiger partial charge in [-0.2, -0.15) is 0 Å². The summed E-state index contributed by atoms with van der Waals surface area (Å²) in [5.74, 6) is -0.567. The third-order valence-corrected chi connectivity index (χ3v) is 8.87. The lowest BCUT2D eigenvalue weighted by atomic mass is 10.1. The second-order valence-electron chi connectivity index (χ2n) is 10.4. The van der Waals surface area contributed by atoms with Gasteiger partial charge in [-0.05, 0) is 70.5 Å². The van der Waals surface area contributed by atoms with Crippen LogP contribution in [-0.4, -0.2) is 85.4 Å². The number of methoxy groups -OCH3 is 1. The summed E-state index contributed by atoms with van der Waals surface area (Å²) >= 11 is 0. The van der Waals surface area contributed by atoms with Gasteiger partial charge in [-0.25, -0.2) is 14.2 Å². The van der Waals surface area contributed by atoms with E-state index >= 15 is 0 Å². The molecule has 238 valence electrons. The van der Waals surface area contributed by atoms with Gasteiger partial charge in [-0.3, -0.25) is 13.4 Å². The first-order valence-electron chi connectivity index (χ1n) is 14.5. The summed E-state index contributed by atoms with van der Waals surface area (Å²) in [5, 5.41) is 0.797. The molecule has 3 heterocycles. The second-order valence-corrected chi connectivity index (χ2v) is 12.3. The van der Waals surface area contributed by atoms with E-state index in [-0.39, 0.29) is 0 Å². The molecule has 2 aliphatic rings. The number of hydrogen-bond acceptors (Lipinski definition) is 11. The number of ether oxygens (including phenoxy) is 3. The number of aromatic nitrogens is 1. The quantitative estimate of drug-likeness (QED) is 0.151. The molecule has 0 fully saturated rings. The smallest absolute Gasteiger partial charge is 0.445 e. The molecule has 2 aliphatic heterocycles. The molecule has 1 aromatic carbocycles. The van der Waals surface area contributed by atoms with Crippen LogP contribution in [0.15, 0.2) is 72.5 Å². The lowest BCUT2D eigenvalue weighted by Crippen LogP contribution is -2.19. The normalized spacial score (nSPS) is 15.0. The molecule has 4 rings (SSSR count). The minimum atomic E-state index is -4.28. The fourth-order valence-electron chi connectivity index (χ4n) is 4.66. The van der Waals surface area contributed by atoms with E-state index in [2.05, 4.69) is 0 Å². The van der Waals surface area contributed by atoms with Gasteiger partial charge in [-0.1, -0.05) is 12.2 Å². The van der Waals surface area contributed by atoms with Crippen molar-refractivity contribution in [3.63, 3.8) is 0 Å². The average Bonchev–Trinajstić information content (AvgIpc) is 3.42. The van der Waals surface area contributed by atoms with Crippen molar-refractivity contribution in [3.8, 4) is 5.75 Å². The van der Waals surface area contributed by atoms with Gasteiger partial charge in [0, 0.05) is 56.5 Å². The van der Waals surface area contributed by atoms with Crippen LogP contribution in [0.1, 0.15) is 32.3 Å². The summed E-state index contributed by atoms with van der Waals surface area (Å²) in [6.07, 6.45) is 14.0. The lowest BCUT2D eigenvalue weighted by Gasteiger charge is -2.22. The molecule has 0 amide bonds. The number of fused-ring (bicyclic) bond motifs is 1.